The number of aryl methyl sites for hydroxylation is 1. The highest BCUT2D eigenvalue weighted by Gasteiger charge is 2.34. The summed E-state index contributed by atoms with van der Waals surface area (Å²) in [4.78, 5) is 0.220. The van der Waals surface area contributed by atoms with Crippen LogP contribution >= 0.6 is 0 Å². The maximum Gasteiger partial charge on any atom is 0.243 e. The van der Waals surface area contributed by atoms with Gasteiger partial charge in [-0.05, 0) is 38.3 Å². The number of anilines is 1. The first-order chi connectivity index (χ1) is 8.34. The minimum Gasteiger partial charge on any atom is -0.398 e. The molecule has 3 N–H and O–H groups in total. The molecule has 1 fully saturated rings. The predicted octanol–water partition coefficient (Wildman–Crippen LogP) is 2.19. The van der Waals surface area contributed by atoms with Gasteiger partial charge in [0.25, 0.3) is 0 Å². The lowest BCUT2D eigenvalue weighted by Crippen LogP contribution is -2.43. The lowest BCUT2D eigenvalue weighted by atomic mass is 10.0. The molecule has 1 aromatic carbocycles. The summed E-state index contributed by atoms with van der Waals surface area (Å²) >= 11 is 0. The maximum atomic E-state index is 12.4. The summed E-state index contributed by atoms with van der Waals surface area (Å²) < 4.78 is 27.7. The van der Waals surface area contributed by atoms with Crippen molar-refractivity contribution in [2.75, 3.05) is 5.73 Å². The minimum atomic E-state index is -3.54. The monoisotopic (exact) mass is 268 g/mol. The highest BCUT2D eigenvalue weighted by atomic mass is 32.2. The molecule has 0 bridgehead atoms. The number of benzene rings is 1. The summed E-state index contributed by atoms with van der Waals surface area (Å²) in [6, 6.07) is 5.15. The average molecular weight is 268 g/mol. The lowest BCUT2D eigenvalue weighted by molar-refractivity contribution is 0.427. The summed E-state index contributed by atoms with van der Waals surface area (Å²) in [5, 5.41) is 0. The SMILES string of the molecule is Cc1cccc(N)c1S(=O)(=O)NC1(C)CCCC1. The van der Waals surface area contributed by atoms with Gasteiger partial charge in [0, 0.05) is 5.54 Å². The van der Waals surface area contributed by atoms with Gasteiger partial charge in [-0.25, -0.2) is 13.1 Å². The number of sulfonamides is 1. The van der Waals surface area contributed by atoms with Crippen LogP contribution in [0.1, 0.15) is 38.2 Å². The fourth-order valence-electron chi connectivity index (χ4n) is 2.68. The zero-order valence-corrected chi connectivity index (χ0v) is 11.7. The van der Waals surface area contributed by atoms with Gasteiger partial charge in [-0.2, -0.15) is 0 Å². The van der Waals surface area contributed by atoms with Crippen LogP contribution in [-0.4, -0.2) is 14.0 Å². The molecular weight excluding hydrogens is 248 g/mol. The van der Waals surface area contributed by atoms with E-state index in [2.05, 4.69) is 4.72 Å². The fourth-order valence-corrected chi connectivity index (χ4v) is 4.50. The van der Waals surface area contributed by atoms with Crippen molar-refractivity contribution in [3.63, 3.8) is 0 Å². The molecule has 100 valence electrons. The Morgan fingerprint density at radius 3 is 2.44 bits per heavy atom. The summed E-state index contributed by atoms with van der Waals surface area (Å²) in [6.07, 6.45) is 3.92. The van der Waals surface area contributed by atoms with E-state index in [1.807, 2.05) is 6.92 Å². The van der Waals surface area contributed by atoms with E-state index in [0.717, 1.165) is 25.7 Å². The molecule has 0 aliphatic heterocycles. The molecule has 18 heavy (non-hydrogen) atoms. The van der Waals surface area contributed by atoms with Crippen LogP contribution in [0.2, 0.25) is 0 Å². The van der Waals surface area contributed by atoms with Crippen LogP contribution in [0, 0.1) is 6.92 Å². The van der Waals surface area contributed by atoms with E-state index in [0.29, 0.717) is 11.3 Å². The second kappa shape index (κ2) is 4.55. The van der Waals surface area contributed by atoms with Crippen molar-refractivity contribution in [3.05, 3.63) is 23.8 Å². The smallest absolute Gasteiger partial charge is 0.243 e. The number of hydrogen-bond acceptors (Lipinski definition) is 3. The highest BCUT2D eigenvalue weighted by Crippen LogP contribution is 2.32. The number of nitrogens with one attached hydrogen (secondary N) is 1. The lowest BCUT2D eigenvalue weighted by Gasteiger charge is -2.25. The van der Waals surface area contributed by atoms with Gasteiger partial charge in [-0.15, -0.1) is 0 Å². The van der Waals surface area contributed by atoms with Crippen LogP contribution in [0.15, 0.2) is 23.1 Å². The van der Waals surface area contributed by atoms with Crippen molar-refractivity contribution in [3.8, 4) is 0 Å². The largest absolute Gasteiger partial charge is 0.398 e. The molecule has 1 aliphatic rings. The van der Waals surface area contributed by atoms with E-state index in [1.165, 1.54) is 0 Å². The van der Waals surface area contributed by atoms with Gasteiger partial charge < -0.3 is 5.73 Å². The quantitative estimate of drug-likeness (QED) is 0.825. The van der Waals surface area contributed by atoms with Crippen molar-refractivity contribution >= 4 is 15.7 Å². The van der Waals surface area contributed by atoms with Gasteiger partial charge in [-0.1, -0.05) is 25.0 Å². The normalized spacial score (nSPS) is 19.0. The molecule has 4 nitrogen and oxygen atoms in total. The zero-order chi connectivity index (χ0) is 13.4. The van der Waals surface area contributed by atoms with Gasteiger partial charge in [-0.3, -0.25) is 0 Å². The molecule has 2 rings (SSSR count). The Morgan fingerprint density at radius 1 is 1.28 bits per heavy atom. The summed E-state index contributed by atoms with van der Waals surface area (Å²) in [7, 11) is -3.54. The van der Waals surface area contributed by atoms with Crippen LogP contribution < -0.4 is 10.5 Å². The van der Waals surface area contributed by atoms with Gasteiger partial charge in [0.1, 0.15) is 4.90 Å². The Bertz CT molecular complexity index is 526. The van der Waals surface area contributed by atoms with Gasteiger partial charge >= 0.3 is 0 Å². The molecule has 0 unspecified atom stereocenters. The van der Waals surface area contributed by atoms with E-state index < -0.39 is 10.0 Å². The molecule has 1 aliphatic carbocycles. The molecule has 0 radical (unpaired) electrons. The molecule has 0 saturated heterocycles. The van der Waals surface area contributed by atoms with Gasteiger partial charge in [0.05, 0.1) is 5.69 Å². The van der Waals surface area contributed by atoms with Crippen LogP contribution in [0.3, 0.4) is 0 Å². The van der Waals surface area contributed by atoms with E-state index in [1.54, 1.807) is 25.1 Å². The van der Waals surface area contributed by atoms with Gasteiger partial charge in [0.2, 0.25) is 10.0 Å². The van der Waals surface area contributed by atoms with E-state index in [4.69, 9.17) is 5.73 Å². The fraction of sp³-hybridized carbons (Fsp3) is 0.538. The van der Waals surface area contributed by atoms with E-state index >= 15 is 0 Å². The maximum absolute atomic E-state index is 12.4. The van der Waals surface area contributed by atoms with Crippen molar-refractivity contribution in [1.29, 1.82) is 0 Å². The summed E-state index contributed by atoms with van der Waals surface area (Å²) in [5.41, 5.74) is 6.47. The third-order valence-corrected chi connectivity index (χ3v) is 5.46. The molecule has 0 amide bonds. The third-order valence-electron chi connectivity index (χ3n) is 3.60. The van der Waals surface area contributed by atoms with Gasteiger partial charge in [0.15, 0.2) is 0 Å². The molecule has 0 atom stereocenters. The predicted molar refractivity (Wildman–Crippen MR) is 72.8 cm³/mol. The first-order valence-electron chi connectivity index (χ1n) is 6.23. The number of nitrogen functional groups attached to an aromatic ring is 1. The second-order valence-corrected chi connectivity index (χ2v) is 6.99. The zero-order valence-electron chi connectivity index (χ0n) is 10.9. The molecule has 1 saturated carbocycles. The second-order valence-electron chi connectivity index (χ2n) is 5.37. The van der Waals surface area contributed by atoms with Crippen LogP contribution in [-0.2, 0) is 10.0 Å². The standard InChI is InChI=1S/C13H20N2O2S/c1-10-6-5-7-11(14)12(10)18(16,17)15-13(2)8-3-4-9-13/h5-7,15H,3-4,8-9,14H2,1-2H3. The Balaban J connectivity index is 2.37. The van der Waals surface area contributed by atoms with Crippen molar-refractivity contribution < 1.29 is 8.42 Å². The molecular formula is C13H20N2O2S. The van der Waals surface area contributed by atoms with Crippen molar-refractivity contribution in [2.45, 2.75) is 50.0 Å². The molecule has 0 spiro atoms. The molecule has 0 heterocycles. The van der Waals surface area contributed by atoms with Crippen LogP contribution in [0.5, 0.6) is 0 Å². The van der Waals surface area contributed by atoms with Crippen molar-refractivity contribution in [2.24, 2.45) is 0 Å². The first kappa shape index (κ1) is 13.4. The number of nitrogens with two attached hydrogens (primary N) is 1. The highest BCUT2D eigenvalue weighted by molar-refractivity contribution is 7.89. The Morgan fingerprint density at radius 2 is 1.89 bits per heavy atom. The molecule has 0 aromatic heterocycles. The number of rotatable bonds is 3. The van der Waals surface area contributed by atoms with Crippen LogP contribution in [0.25, 0.3) is 0 Å². The minimum absolute atomic E-state index is 0.220. The van der Waals surface area contributed by atoms with E-state index in [9.17, 15) is 8.42 Å². The number of hydrogen-bond donors (Lipinski definition) is 2. The van der Waals surface area contributed by atoms with Crippen LogP contribution in [0.4, 0.5) is 5.69 Å². The van der Waals surface area contributed by atoms with E-state index in [-0.39, 0.29) is 10.4 Å². The Kier molecular flexibility index (Phi) is 3.38. The van der Waals surface area contributed by atoms with Crippen molar-refractivity contribution in [1.82, 2.24) is 4.72 Å². The summed E-state index contributed by atoms with van der Waals surface area (Å²) in [6.45, 7) is 3.73. The Hall–Kier alpha value is -1.07. The average Bonchev–Trinajstić information content (AvgIpc) is 2.62. The topological polar surface area (TPSA) is 72.2 Å². The molecule has 5 heteroatoms. The Labute approximate surface area is 109 Å². The third kappa shape index (κ3) is 2.52. The summed E-state index contributed by atoms with van der Waals surface area (Å²) in [5.74, 6) is 0. The molecule has 1 aromatic rings. The first-order valence-corrected chi connectivity index (χ1v) is 7.71.